The summed E-state index contributed by atoms with van der Waals surface area (Å²) in [7, 11) is 0. The molecule has 3 aromatic heterocycles. The van der Waals surface area contributed by atoms with Gasteiger partial charge in [-0.3, -0.25) is 5.32 Å². The van der Waals surface area contributed by atoms with Crippen LogP contribution in [0.4, 0.5) is 22.4 Å². The smallest absolute Gasteiger partial charge is 0.323 e. The van der Waals surface area contributed by atoms with Crippen LogP contribution in [-0.4, -0.2) is 62.0 Å². The van der Waals surface area contributed by atoms with Crippen molar-refractivity contribution in [1.29, 1.82) is 0 Å². The van der Waals surface area contributed by atoms with Gasteiger partial charge in [0.15, 0.2) is 11.6 Å². The lowest BCUT2D eigenvalue weighted by atomic mass is 10.2. The molecule has 0 spiro atoms. The number of amides is 2. The Bertz CT molecular complexity index is 1130. The molecule has 0 unspecified atom stereocenters. The minimum atomic E-state index is -0.168. The third-order valence-corrected chi connectivity index (χ3v) is 5.36. The van der Waals surface area contributed by atoms with Crippen LogP contribution < -0.4 is 20.7 Å². The second-order valence-corrected chi connectivity index (χ2v) is 7.97. The van der Waals surface area contributed by atoms with Gasteiger partial charge in [-0.1, -0.05) is 13.3 Å². The predicted molar refractivity (Wildman–Crippen MR) is 129 cm³/mol. The average molecular weight is 464 g/mol. The quantitative estimate of drug-likeness (QED) is 0.541. The van der Waals surface area contributed by atoms with E-state index in [9.17, 15) is 4.79 Å². The number of urea groups is 1. The molecular weight excluding hydrogens is 434 g/mol. The zero-order valence-corrected chi connectivity index (χ0v) is 19.4. The lowest BCUT2D eigenvalue weighted by Crippen LogP contribution is -2.50. The predicted octanol–water partition coefficient (Wildman–Crippen LogP) is 2.44. The summed E-state index contributed by atoms with van der Waals surface area (Å²) in [6.45, 7) is 6.55. The number of nitrogen functional groups attached to an aromatic ring is 1. The molecule has 0 aliphatic carbocycles. The Morgan fingerprint density at radius 3 is 2.68 bits per heavy atom. The minimum Gasteiger partial charge on any atom is -0.483 e. The summed E-state index contributed by atoms with van der Waals surface area (Å²) < 4.78 is 5.97. The number of nitrogens with one attached hydrogen (secondary N) is 1. The Morgan fingerprint density at radius 1 is 1.09 bits per heavy atom. The van der Waals surface area contributed by atoms with Crippen LogP contribution in [-0.2, 0) is 13.0 Å². The summed E-state index contributed by atoms with van der Waals surface area (Å²) in [6.07, 6.45) is 5.17. The molecule has 11 nitrogen and oxygen atoms in total. The second-order valence-electron chi connectivity index (χ2n) is 7.97. The van der Waals surface area contributed by atoms with E-state index in [1.165, 1.54) is 0 Å². The van der Waals surface area contributed by atoms with Crippen LogP contribution in [0.3, 0.4) is 0 Å². The number of aromatic nitrogens is 5. The van der Waals surface area contributed by atoms with Crippen molar-refractivity contribution in [2.45, 2.75) is 33.3 Å². The lowest BCUT2D eigenvalue weighted by Gasteiger charge is -2.35. The van der Waals surface area contributed by atoms with Crippen molar-refractivity contribution in [1.82, 2.24) is 29.8 Å². The van der Waals surface area contributed by atoms with E-state index in [0.29, 0.717) is 49.3 Å². The summed E-state index contributed by atoms with van der Waals surface area (Å²) in [5.74, 6) is 2.78. The normalized spacial score (nSPS) is 13.6. The maximum atomic E-state index is 12.8. The molecule has 3 N–H and O–H groups in total. The topological polar surface area (TPSA) is 135 Å². The molecule has 3 aromatic rings. The molecule has 11 heteroatoms. The van der Waals surface area contributed by atoms with Gasteiger partial charge in [-0.25, -0.2) is 29.7 Å². The van der Waals surface area contributed by atoms with Crippen molar-refractivity contribution in [3.05, 3.63) is 53.9 Å². The Morgan fingerprint density at radius 2 is 1.91 bits per heavy atom. The molecule has 34 heavy (non-hydrogen) atoms. The van der Waals surface area contributed by atoms with Gasteiger partial charge in [-0.15, -0.1) is 0 Å². The van der Waals surface area contributed by atoms with E-state index in [4.69, 9.17) is 10.5 Å². The van der Waals surface area contributed by atoms with Gasteiger partial charge < -0.3 is 20.3 Å². The molecule has 2 amide bonds. The number of nitrogens with zero attached hydrogens (tertiary/aromatic N) is 7. The highest BCUT2D eigenvalue weighted by Crippen LogP contribution is 2.27. The van der Waals surface area contributed by atoms with E-state index in [0.717, 1.165) is 24.4 Å². The molecule has 0 bridgehead atoms. The molecule has 4 heterocycles. The number of ether oxygens (including phenoxy) is 1. The molecule has 0 radical (unpaired) electrons. The number of anilines is 3. The molecule has 4 rings (SSSR count). The van der Waals surface area contributed by atoms with Gasteiger partial charge in [0.2, 0.25) is 5.95 Å². The van der Waals surface area contributed by atoms with Crippen LogP contribution >= 0.6 is 0 Å². The standard InChI is InChI=1S/C23H29N9O2/c1-3-5-17-14-20(28-16(2)27-17)30-23(33)32-12-10-31(11-13-32)21-19(6-4-8-25-21)34-15-18-7-9-26-22(24)29-18/h4,6-9,14H,3,5,10-13,15H2,1-2H3,(H2,24,26,29)(H,27,28,30,33). The van der Waals surface area contributed by atoms with Crippen LogP contribution in [0.2, 0.25) is 0 Å². The van der Waals surface area contributed by atoms with Gasteiger partial charge in [-0.05, 0) is 31.5 Å². The van der Waals surface area contributed by atoms with E-state index in [2.05, 4.69) is 42.1 Å². The number of piperazine rings is 1. The zero-order chi connectivity index (χ0) is 23.9. The van der Waals surface area contributed by atoms with E-state index < -0.39 is 0 Å². The van der Waals surface area contributed by atoms with Crippen molar-refractivity contribution >= 4 is 23.6 Å². The largest absolute Gasteiger partial charge is 0.483 e. The fraction of sp³-hybridized carbons (Fsp3) is 0.391. The van der Waals surface area contributed by atoms with Gasteiger partial charge in [0.1, 0.15) is 18.2 Å². The summed E-state index contributed by atoms with van der Waals surface area (Å²) in [5.41, 5.74) is 7.26. The molecule has 1 aliphatic heterocycles. The Kier molecular flexibility index (Phi) is 7.31. The first-order valence-corrected chi connectivity index (χ1v) is 11.3. The third kappa shape index (κ3) is 5.85. The number of hydrogen-bond donors (Lipinski definition) is 2. The number of carbonyl (C=O) groups is 1. The van der Waals surface area contributed by atoms with E-state index in [1.54, 1.807) is 23.4 Å². The molecule has 1 saturated heterocycles. The van der Waals surface area contributed by atoms with Crippen LogP contribution in [0.5, 0.6) is 5.75 Å². The SMILES string of the molecule is CCCc1cc(NC(=O)N2CCN(c3ncccc3OCc3ccnc(N)n3)CC2)nc(C)n1. The first-order chi connectivity index (χ1) is 16.5. The van der Waals surface area contributed by atoms with Crippen LogP contribution in [0.25, 0.3) is 0 Å². The second kappa shape index (κ2) is 10.7. The fourth-order valence-corrected chi connectivity index (χ4v) is 3.77. The number of carbonyl (C=O) groups excluding carboxylic acids is 1. The summed E-state index contributed by atoms with van der Waals surface area (Å²) in [4.78, 5) is 38.1. The van der Waals surface area contributed by atoms with Gasteiger partial charge in [-0.2, -0.15) is 0 Å². The fourth-order valence-electron chi connectivity index (χ4n) is 3.77. The van der Waals surface area contributed by atoms with Crippen molar-refractivity contribution in [3.63, 3.8) is 0 Å². The van der Waals surface area contributed by atoms with Crippen LogP contribution in [0.15, 0.2) is 36.7 Å². The summed E-state index contributed by atoms with van der Waals surface area (Å²) in [6, 6.07) is 7.13. The van der Waals surface area contributed by atoms with Crippen LogP contribution in [0.1, 0.15) is 30.6 Å². The molecule has 178 valence electrons. The van der Waals surface area contributed by atoms with E-state index in [1.807, 2.05) is 25.1 Å². The molecule has 1 aliphatic rings. The average Bonchev–Trinajstić information content (AvgIpc) is 2.83. The Labute approximate surface area is 198 Å². The first kappa shape index (κ1) is 23.1. The maximum absolute atomic E-state index is 12.8. The number of rotatable bonds is 7. The summed E-state index contributed by atoms with van der Waals surface area (Å²) >= 11 is 0. The molecular formula is C23H29N9O2. The minimum absolute atomic E-state index is 0.168. The molecule has 0 atom stereocenters. The number of pyridine rings is 1. The van der Waals surface area contributed by atoms with Gasteiger partial charge in [0, 0.05) is 50.3 Å². The van der Waals surface area contributed by atoms with Gasteiger partial charge >= 0.3 is 6.03 Å². The number of aryl methyl sites for hydroxylation is 2. The molecule has 0 saturated carbocycles. The maximum Gasteiger partial charge on any atom is 0.323 e. The number of hydrogen-bond acceptors (Lipinski definition) is 9. The zero-order valence-electron chi connectivity index (χ0n) is 19.4. The lowest BCUT2D eigenvalue weighted by molar-refractivity contribution is 0.207. The van der Waals surface area contributed by atoms with Crippen molar-refractivity contribution < 1.29 is 9.53 Å². The van der Waals surface area contributed by atoms with Crippen molar-refractivity contribution in [3.8, 4) is 5.75 Å². The molecule has 0 aromatic carbocycles. The van der Waals surface area contributed by atoms with Crippen molar-refractivity contribution in [2.24, 2.45) is 0 Å². The van der Waals surface area contributed by atoms with E-state index >= 15 is 0 Å². The molecule has 1 fully saturated rings. The highest BCUT2D eigenvalue weighted by Gasteiger charge is 2.24. The first-order valence-electron chi connectivity index (χ1n) is 11.3. The van der Waals surface area contributed by atoms with Crippen LogP contribution in [0, 0.1) is 6.92 Å². The monoisotopic (exact) mass is 463 g/mol. The van der Waals surface area contributed by atoms with E-state index in [-0.39, 0.29) is 18.6 Å². The number of nitrogens with two attached hydrogens (primary N) is 1. The highest BCUT2D eigenvalue weighted by atomic mass is 16.5. The van der Waals surface area contributed by atoms with Gasteiger partial charge in [0.25, 0.3) is 0 Å². The third-order valence-electron chi connectivity index (χ3n) is 5.36. The summed E-state index contributed by atoms with van der Waals surface area (Å²) in [5, 5.41) is 2.92. The Balaban J connectivity index is 1.35. The highest BCUT2D eigenvalue weighted by molar-refractivity contribution is 5.88. The van der Waals surface area contributed by atoms with Gasteiger partial charge in [0.05, 0.1) is 5.69 Å². The van der Waals surface area contributed by atoms with Crippen molar-refractivity contribution in [2.75, 3.05) is 42.1 Å². The Hall–Kier alpha value is -4.02.